The Morgan fingerprint density at radius 1 is 0.459 bits per heavy atom. The third-order valence-corrected chi connectivity index (χ3v) is 32.3. The average molecular weight is 2150 g/mol. The van der Waals surface area contributed by atoms with Crippen molar-refractivity contribution in [3.05, 3.63) is 211 Å². The van der Waals surface area contributed by atoms with Crippen LogP contribution in [-0.2, 0) is 91.7 Å². The maximum Gasteiger partial charge on any atom is 0.416 e. The average Bonchev–Trinajstić information content (AvgIpc) is 1.62. The highest BCUT2D eigenvalue weighted by molar-refractivity contribution is 7.89. The van der Waals surface area contributed by atoms with E-state index in [0.29, 0.717) is 49.3 Å². The molecule has 0 radical (unpaired) electrons. The number of carboxylic acids is 1. The molecule has 9 aliphatic heterocycles. The number of carboxylic acid groups (broad SMARTS) is 1. The second-order valence-corrected chi connectivity index (χ2v) is 45.9. The number of amidine groups is 3. The molecule has 9 heterocycles. The predicted octanol–water partition coefficient (Wildman–Crippen LogP) is 14.0. The molecule has 3 spiro atoms. The van der Waals surface area contributed by atoms with Gasteiger partial charge in [0.1, 0.15) is 45.3 Å². The number of ether oxygens (including phenoxy) is 2. The summed E-state index contributed by atoms with van der Waals surface area (Å²) < 4.78 is 212. The SMILES string of the molecule is C.C.CN(C(=O)OC(C)(C)C)C1CCNC1.CNC1CCN(C(=O)c2ccc(CCS(=O)(=O)N3CCC4(CC3)N=C(c3cccc(C(F)(F)F)c3)NC4=O)c(C)c2)C1.Cc1cc(C(=O)N2CCC(N(C)C(=O)OC(C)(C)C)C2)ccc1CCS(=O)(=O)N1CCC2(CC1)N=C(c1cccc(C(F)(F)F)c1)NC2=O.Cc1cc(C(=O)O)ccc1CCS(=O)(=O)N1CCC2(CC1)N=C(c1cccc(C(F)(F)F)c1)NC2=O.ClCCl. The fourth-order valence-electron chi connectivity index (χ4n) is 18.1. The van der Waals surface area contributed by atoms with Crippen LogP contribution in [0.1, 0.15) is 212 Å². The summed E-state index contributed by atoms with van der Waals surface area (Å²) in [6.45, 7) is 20.9. The van der Waals surface area contributed by atoms with E-state index >= 15 is 0 Å². The highest BCUT2D eigenvalue weighted by Gasteiger charge is 2.52. The van der Waals surface area contributed by atoms with Gasteiger partial charge in [-0.2, -0.15) is 39.5 Å². The van der Waals surface area contributed by atoms with Crippen LogP contribution >= 0.6 is 23.2 Å². The number of aliphatic imine (C=N–C) groups is 3. The Hall–Kier alpha value is -10.7. The minimum atomic E-state index is -4.55. The van der Waals surface area contributed by atoms with Crippen molar-refractivity contribution >= 4 is 118 Å². The number of rotatable bonds is 21. The van der Waals surface area contributed by atoms with E-state index in [2.05, 4.69) is 41.6 Å². The molecule has 0 bridgehead atoms. The molecule has 0 aromatic heterocycles. The van der Waals surface area contributed by atoms with Gasteiger partial charge >= 0.3 is 36.7 Å². The third kappa shape index (κ3) is 30.1. The third-order valence-electron chi connectivity index (χ3n) is 26.6. The number of carbonyl (C=O) groups excluding carboxylic acids is 7. The van der Waals surface area contributed by atoms with Crippen molar-refractivity contribution < 1.29 is 118 Å². The minimum Gasteiger partial charge on any atom is -0.478 e. The van der Waals surface area contributed by atoms with Crippen molar-refractivity contribution in [1.29, 1.82) is 0 Å². The van der Waals surface area contributed by atoms with E-state index in [1.54, 1.807) is 88.0 Å². The van der Waals surface area contributed by atoms with Crippen molar-refractivity contribution in [2.75, 3.05) is 122 Å². The summed E-state index contributed by atoms with van der Waals surface area (Å²) in [6, 6.07) is 29.1. The summed E-state index contributed by atoms with van der Waals surface area (Å²) in [4.78, 5) is 120. The van der Waals surface area contributed by atoms with Crippen molar-refractivity contribution in [2.24, 2.45) is 15.0 Å². The number of likely N-dealkylation sites (N-methyl/N-ethyl adjacent to an activating group) is 3. The van der Waals surface area contributed by atoms with Gasteiger partial charge in [-0.1, -0.05) is 69.5 Å². The van der Waals surface area contributed by atoms with Gasteiger partial charge in [-0.25, -0.2) is 52.6 Å². The zero-order chi connectivity index (χ0) is 106. The van der Waals surface area contributed by atoms with E-state index in [0.717, 1.165) is 90.1 Å². The second kappa shape index (κ2) is 48.3. The highest BCUT2D eigenvalue weighted by Crippen LogP contribution is 2.40. The fourth-order valence-corrected chi connectivity index (χ4v) is 22.5. The van der Waals surface area contributed by atoms with E-state index in [4.69, 9.17) is 37.8 Å². The Morgan fingerprint density at radius 2 is 0.767 bits per heavy atom. The number of aromatic carboxylic acids is 1. The quantitative estimate of drug-likeness (QED) is 0.0288. The number of hydrogen-bond donors (Lipinski definition) is 6. The molecule has 15 rings (SSSR count). The van der Waals surface area contributed by atoms with Gasteiger partial charge in [0.25, 0.3) is 29.5 Å². The summed E-state index contributed by atoms with van der Waals surface area (Å²) in [6.07, 6.45) is -10.4. The number of hydrogen-bond acceptors (Lipinski definition) is 21. The molecule has 9 aliphatic rings. The lowest BCUT2D eigenvalue weighted by atomic mass is 9.89. The molecule has 6 N–H and O–H groups in total. The summed E-state index contributed by atoms with van der Waals surface area (Å²) in [5.74, 6) is -2.95. The van der Waals surface area contributed by atoms with Crippen LogP contribution in [0.5, 0.6) is 0 Å². The number of carbonyl (C=O) groups is 8. The molecule has 3 unspecified atom stereocenters. The van der Waals surface area contributed by atoms with E-state index < -0.39 is 123 Å². The molecule has 46 heteroatoms. The molecule has 6 saturated heterocycles. The van der Waals surface area contributed by atoms with Gasteiger partial charge in [-0.15, -0.1) is 23.2 Å². The number of aryl methyl sites for hydroxylation is 6. The van der Waals surface area contributed by atoms with Gasteiger partial charge in [-0.05, 0) is 259 Å². The maximum absolute atomic E-state index is 13.3. The highest BCUT2D eigenvalue weighted by atomic mass is 35.5. The number of nitrogens with zero attached hydrogens (tertiary/aromatic N) is 10. The van der Waals surface area contributed by atoms with E-state index in [1.165, 1.54) is 66.3 Å². The number of likely N-dealkylation sites (tertiary alicyclic amines) is 2. The monoisotopic (exact) mass is 2150 g/mol. The number of nitrogens with one attached hydrogen (secondary N) is 5. The second-order valence-electron chi connectivity index (χ2n) is 38.8. The fraction of sp³-hybridized carbons (Fsp3) is 0.530. The summed E-state index contributed by atoms with van der Waals surface area (Å²) in [5, 5.41) is 23.4. The molecule has 0 saturated carbocycles. The Balaban J connectivity index is 0.000000225. The molecular weight excluding hydrogens is 2020 g/mol. The first-order valence-electron chi connectivity index (χ1n) is 46.9. The number of sulfonamides is 3. The molecule has 6 aromatic rings. The van der Waals surface area contributed by atoms with Crippen LogP contribution in [0.4, 0.5) is 49.1 Å². The molecule has 0 aliphatic carbocycles. The molecule has 802 valence electrons. The minimum absolute atomic E-state index is 0. The van der Waals surface area contributed by atoms with Crippen LogP contribution in [-0.4, -0.2) is 296 Å². The lowest BCUT2D eigenvalue weighted by Gasteiger charge is -2.34. The zero-order valence-electron chi connectivity index (χ0n) is 82.0. The number of piperidine rings is 3. The molecule has 6 aromatic carbocycles. The van der Waals surface area contributed by atoms with Crippen LogP contribution in [0.25, 0.3) is 0 Å². The number of halogens is 11. The van der Waals surface area contributed by atoms with Gasteiger partial charge in [0.15, 0.2) is 0 Å². The predicted molar refractivity (Wildman–Crippen MR) is 539 cm³/mol. The van der Waals surface area contributed by atoms with E-state index in [-0.39, 0.29) is 210 Å². The maximum atomic E-state index is 13.3. The van der Waals surface area contributed by atoms with Gasteiger partial charge in [0.05, 0.1) is 50.9 Å². The zero-order valence-corrected chi connectivity index (χ0v) is 86.0. The molecule has 6 fully saturated rings. The molecular formula is C100H130Cl2F9N15O17S3. The molecule has 7 amide bonds. The van der Waals surface area contributed by atoms with Crippen molar-refractivity contribution in [2.45, 2.75) is 219 Å². The largest absolute Gasteiger partial charge is 0.478 e. The van der Waals surface area contributed by atoms with Gasteiger partial charge in [0.2, 0.25) is 30.1 Å². The first-order valence-corrected chi connectivity index (χ1v) is 52.8. The lowest BCUT2D eigenvalue weighted by Crippen LogP contribution is -2.50. The van der Waals surface area contributed by atoms with Crippen molar-refractivity contribution in [3.63, 3.8) is 0 Å². The molecule has 32 nitrogen and oxygen atoms in total. The van der Waals surface area contributed by atoms with Crippen molar-refractivity contribution in [3.8, 4) is 0 Å². The summed E-state index contributed by atoms with van der Waals surface area (Å²) in [7, 11) is -5.68. The van der Waals surface area contributed by atoms with E-state index in [1.807, 2.05) is 52.6 Å². The van der Waals surface area contributed by atoms with Crippen LogP contribution in [0.15, 0.2) is 142 Å². The Labute approximate surface area is 857 Å². The number of amides is 7. The van der Waals surface area contributed by atoms with Crippen LogP contribution in [0, 0.1) is 20.8 Å². The van der Waals surface area contributed by atoms with Crippen molar-refractivity contribution in [1.82, 2.24) is 59.1 Å². The van der Waals surface area contributed by atoms with Gasteiger partial charge < -0.3 is 60.8 Å². The number of benzene rings is 6. The Kier molecular flexibility index (Phi) is 39.3. The standard InChI is InChI=1S/C34H42F3N5O6S.C29H34F3N5O4S.C24H24F3N3O5S.C10H20N2O2.CH2Cl2.2CH4/c1-22-19-25(29(43)41-15-11-27(21-41)40(5)31(45)48-32(2,3)4)10-9-23(22)12-18-49(46,47)42-16-13-33(14-17-42)30(44)38-28(39-33)24-7-6-8-26(20-24)34(35,36)37;1-19-16-22(26(38)36-12-8-24(18-36)33-2)7-6-20(19)9-15-42(40,41)37-13-10-28(11-14-37)27(39)34-25(35-28)21-4-3-5-23(17-21)29(30,31)32;1-15-13-18(21(31)32)6-5-16(15)7-12-36(34,35)30-10-8-23(9-11-30)22(33)28-20(29-23)17-3-2-4-19(14-17)24(25,26)27;1-10(2,3)14-9(13)12(4)8-5-6-11-7-8;2-1-3;;/h6-10,19-20,27H,11-18,21H2,1-5H3,(H,38,39,44);3-7,16-17,24,33H,8-15,18H2,1-2H3,(H,34,35,39);2-6,13-14H,7-12H2,1H3,(H,31,32)(H,28,29,33);8,11H,5-7H2,1-4H3;1H2;2*1H4. The number of alkyl halides is 11. The smallest absolute Gasteiger partial charge is 0.416 e. The Morgan fingerprint density at radius 3 is 1.05 bits per heavy atom. The molecule has 3 atom stereocenters. The summed E-state index contributed by atoms with van der Waals surface area (Å²) >= 11 is 9.53. The first kappa shape index (κ1) is 119. The normalized spacial score (nSPS) is 19.5. The van der Waals surface area contributed by atoms with Gasteiger partial charge in [0, 0.05) is 126 Å². The van der Waals surface area contributed by atoms with E-state index in [9.17, 15) is 103 Å². The molecule has 146 heavy (non-hydrogen) atoms. The topological polar surface area (TPSA) is 398 Å². The van der Waals surface area contributed by atoms with Crippen LogP contribution < -0.4 is 26.6 Å². The summed E-state index contributed by atoms with van der Waals surface area (Å²) in [5.41, 5.74) is -1.01. The lowest BCUT2D eigenvalue weighted by molar-refractivity contribution is -0.138. The van der Waals surface area contributed by atoms with Gasteiger partial charge in [-0.3, -0.25) is 38.9 Å². The van der Waals surface area contributed by atoms with Crippen LogP contribution in [0.3, 0.4) is 0 Å². The van der Waals surface area contributed by atoms with Crippen LogP contribution in [0.2, 0.25) is 0 Å². The first-order chi connectivity index (χ1) is 67.2. The Bertz CT molecular complexity index is 6210.